The predicted molar refractivity (Wildman–Crippen MR) is 119 cm³/mol. The first-order chi connectivity index (χ1) is 15.4. The van der Waals surface area contributed by atoms with E-state index in [0.29, 0.717) is 27.9 Å². The van der Waals surface area contributed by atoms with Gasteiger partial charge in [-0.25, -0.2) is 14.8 Å². The number of allylic oxidation sites excluding steroid dienone is 1. The van der Waals surface area contributed by atoms with Crippen LogP contribution in [0.2, 0.25) is 0 Å². The van der Waals surface area contributed by atoms with E-state index < -0.39 is 17.9 Å². The lowest BCUT2D eigenvalue weighted by molar-refractivity contribution is -0.139. The van der Waals surface area contributed by atoms with E-state index in [-0.39, 0.29) is 23.0 Å². The van der Waals surface area contributed by atoms with E-state index in [2.05, 4.69) is 15.7 Å². The van der Waals surface area contributed by atoms with Crippen molar-refractivity contribution >= 4 is 40.3 Å². The van der Waals surface area contributed by atoms with E-state index in [0.717, 1.165) is 0 Å². The number of phenolic OH excluding ortho intramolecular Hbond substituents is 1. The Morgan fingerprint density at radius 3 is 2.84 bits per heavy atom. The molecule has 1 aliphatic rings. The summed E-state index contributed by atoms with van der Waals surface area (Å²) in [6, 6.07) is 10.4. The van der Waals surface area contributed by atoms with Gasteiger partial charge in [-0.3, -0.25) is 10.2 Å². The van der Waals surface area contributed by atoms with Gasteiger partial charge in [0.15, 0.2) is 17.1 Å². The van der Waals surface area contributed by atoms with Crippen molar-refractivity contribution in [2.45, 2.75) is 19.9 Å². The van der Waals surface area contributed by atoms with Crippen molar-refractivity contribution in [1.82, 2.24) is 20.7 Å². The molecule has 1 aromatic heterocycles. The van der Waals surface area contributed by atoms with Crippen molar-refractivity contribution in [2.75, 3.05) is 6.61 Å². The molecule has 10 heteroatoms. The number of amides is 1. The van der Waals surface area contributed by atoms with Crippen LogP contribution in [0.3, 0.4) is 0 Å². The maximum atomic E-state index is 13.1. The van der Waals surface area contributed by atoms with Crippen LogP contribution in [-0.4, -0.2) is 38.7 Å². The Bertz CT molecular complexity index is 1250. The molecule has 32 heavy (non-hydrogen) atoms. The third kappa shape index (κ3) is 3.87. The van der Waals surface area contributed by atoms with Gasteiger partial charge in [0.1, 0.15) is 17.3 Å². The SMILES string of the molecule is CCOC(=O)C1=C(C)NC(=S)N(NC(=O)c2ccc3ocnc3c2)C1c1ccccc1O. The summed E-state index contributed by atoms with van der Waals surface area (Å²) in [6.07, 6.45) is 1.30. The average molecular weight is 452 g/mol. The van der Waals surface area contributed by atoms with E-state index in [1.165, 1.54) is 17.5 Å². The van der Waals surface area contributed by atoms with E-state index in [9.17, 15) is 14.7 Å². The third-order valence-electron chi connectivity index (χ3n) is 4.99. The van der Waals surface area contributed by atoms with Gasteiger partial charge in [0.2, 0.25) is 0 Å². The molecule has 1 amide bonds. The second kappa shape index (κ2) is 8.67. The number of hydrazine groups is 1. The highest BCUT2D eigenvalue weighted by atomic mass is 32.1. The highest BCUT2D eigenvalue weighted by molar-refractivity contribution is 7.80. The molecule has 0 saturated heterocycles. The molecule has 9 nitrogen and oxygen atoms in total. The van der Waals surface area contributed by atoms with Crippen LogP contribution in [0.15, 0.2) is 64.5 Å². The molecule has 0 aliphatic carbocycles. The highest BCUT2D eigenvalue weighted by Crippen LogP contribution is 2.37. The number of oxazole rings is 1. The number of esters is 1. The van der Waals surface area contributed by atoms with Crippen LogP contribution >= 0.6 is 12.2 Å². The summed E-state index contributed by atoms with van der Waals surface area (Å²) in [6.45, 7) is 3.55. The van der Waals surface area contributed by atoms with Crippen LogP contribution in [0.4, 0.5) is 0 Å². The summed E-state index contributed by atoms with van der Waals surface area (Å²) in [4.78, 5) is 30.0. The molecule has 0 spiro atoms. The van der Waals surface area contributed by atoms with Crippen molar-refractivity contribution in [2.24, 2.45) is 0 Å². The number of rotatable bonds is 5. The minimum absolute atomic E-state index is 0.0555. The van der Waals surface area contributed by atoms with Gasteiger partial charge < -0.3 is 19.6 Å². The second-order valence-electron chi connectivity index (χ2n) is 7.00. The number of fused-ring (bicyclic) bond motifs is 1. The molecule has 0 saturated carbocycles. The van der Waals surface area contributed by atoms with Crippen molar-refractivity contribution in [1.29, 1.82) is 0 Å². The number of aromatic nitrogens is 1. The number of carbonyl (C=O) groups excluding carboxylic acids is 2. The lowest BCUT2D eigenvalue weighted by atomic mass is 9.94. The van der Waals surface area contributed by atoms with E-state index >= 15 is 0 Å². The summed E-state index contributed by atoms with van der Waals surface area (Å²) >= 11 is 5.47. The third-order valence-corrected chi connectivity index (χ3v) is 5.29. The van der Waals surface area contributed by atoms with Crippen LogP contribution in [0.1, 0.15) is 35.8 Å². The molecule has 1 unspecified atom stereocenters. The Hall–Kier alpha value is -3.92. The largest absolute Gasteiger partial charge is 0.508 e. The van der Waals surface area contributed by atoms with Crippen molar-refractivity contribution in [3.05, 3.63) is 71.3 Å². The number of ether oxygens (including phenoxy) is 1. The fourth-order valence-electron chi connectivity index (χ4n) is 3.51. The Morgan fingerprint density at radius 2 is 2.09 bits per heavy atom. The normalized spacial score (nSPS) is 16.1. The molecule has 1 aliphatic heterocycles. The fraction of sp³-hybridized carbons (Fsp3) is 0.182. The Labute approximate surface area is 188 Å². The molecular weight excluding hydrogens is 432 g/mol. The summed E-state index contributed by atoms with van der Waals surface area (Å²) < 4.78 is 10.4. The summed E-state index contributed by atoms with van der Waals surface area (Å²) in [5.74, 6) is -1.13. The van der Waals surface area contributed by atoms with Gasteiger partial charge in [-0.1, -0.05) is 18.2 Å². The van der Waals surface area contributed by atoms with Crippen LogP contribution < -0.4 is 10.7 Å². The average Bonchev–Trinajstić information content (AvgIpc) is 3.23. The minimum Gasteiger partial charge on any atom is -0.508 e. The first kappa shape index (κ1) is 21.3. The van der Waals surface area contributed by atoms with E-state index in [1.807, 2.05) is 0 Å². The maximum Gasteiger partial charge on any atom is 0.338 e. The lowest BCUT2D eigenvalue weighted by Gasteiger charge is -2.39. The van der Waals surface area contributed by atoms with Gasteiger partial charge in [-0.05, 0) is 50.3 Å². The Balaban J connectivity index is 1.75. The van der Waals surface area contributed by atoms with Gasteiger partial charge in [0.25, 0.3) is 5.91 Å². The van der Waals surface area contributed by atoms with Crippen LogP contribution in [0.5, 0.6) is 5.75 Å². The number of carbonyl (C=O) groups is 2. The topological polar surface area (TPSA) is 117 Å². The monoisotopic (exact) mass is 452 g/mol. The lowest BCUT2D eigenvalue weighted by Crippen LogP contribution is -2.56. The summed E-state index contributed by atoms with van der Waals surface area (Å²) in [5, 5.41) is 14.9. The fourth-order valence-corrected chi connectivity index (χ4v) is 3.82. The molecule has 0 bridgehead atoms. The number of nitrogens with zero attached hydrogens (tertiary/aromatic N) is 2. The molecule has 1 atom stereocenters. The Morgan fingerprint density at radius 1 is 1.31 bits per heavy atom. The number of nitrogens with one attached hydrogen (secondary N) is 2. The maximum absolute atomic E-state index is 13.1. The number of benzene rings is 2. The summed E-state index contributed by atoms with van der Waals surface area (Å²) in [7, 11) is 0. The quantitative estimate of drug-likeness (QED) is 0.397. The first-order valence-corrected chi connectivity index (χ1v) is 10.2. The van der Waals surface area contributed by atoms with Crippen LogP contribution in [-0.2, 0) is 9.53 Å². The highest BCUT2D eigenvalue weighted by Gasteiger charge is 2.39. The molecule has 164 valence electrons. The van der Waals surface area contributed by atoms with Crippen LogP contribution in [0.25, 0.3) is 11.1 Å². The van der Waals surface area contributed by atoms with Crippen molar-refractivity contribution < 1.29 is 23.8 Å². The number of hydrogen-bond acceptors (Lipinski definition) is 7. The summed E-state index contributed by atoms with van der Waals surface area (Å²) in [5.41, 5.74) is 5.20. The smallest absolute Gasteiger partial charge is 0.338 e. The van der Waals surface area contributed by atoms with Gasteiger partial charge >= 0.3 is 5.97 Å². The van der Waals surface area contributed by atoms with E-state index in [1.54, 1.807) is 50.2 Å². The molecule has 2 heterocycles. The molecule has 0 radical (unpaired) electrons. The zero-order chi connectivity index (χ0) is 22.8. The number of aromatic hydroxyl groups is 1. The predicted octanol–water partition coefficient (Wildman–Crippen LogP) is 2.95. The van der Waals surface area contributed by atoms with Gasteiger partial charge in [0, 0.05) is 16.8 Å². The second-order valence-corrected chi connectivity index (χ2v) is 7.38. The minimum atomic E-state index is -0.913. The number of hydrogen-bond donors (Lipinski definition) is 3. The zero-order valence-corrected chi connectivity index (χ0v) is 18.1. The molecule has 4 rings (SSSR count). The standard InChI is InChI=1S/C22H20N4O5S/c1-3-30-21(29)18-12(2)24-22(32)26(19(18)14-6-4-5-7-16(14)27)25-20(28)13-8-9-17-15(10-13)23-11-31-17/h4-11,19,27H,3H2,1-2H3,(H,24,32)(H,25,28). The zero-order valence-electron chi connectivity index (χ0n) is 17.3. The number of para-hydroxylation sites is 1. The molecule has 3 aromatic rings. The van der Waals surface area contributed by atoms with E-state index in [4.69, 9.17) is 21.4 Å². The van der Waals surface area contributed by atoms with Gasteiger partial charge in [0.05, 0.1) is 12.2 Å². The Kier molecular flexibility index (Phi) is 5.78. The molecule has 2 aromatic carbocycles. The number of phenols is 1. The molecular formula is C22H20N4O5S. The molecule has 3 N–H and O–H groups in total. The number of thiocarbonyl (C=S) groups is 1. The van der Waals surface area contributed by atoms with Crippen molar-refractivity contribution in [3.8, 4) is 5.75 Å². The van der Waals surface area contributed by atoms with Crippen molar-refractivity contribution in [3.63, 3.8) is 0 Å². The molecule has 0 fully saturated rings. The first-order valence-electron chi connectivity index (χ1n) is 9.81. The van der Waals surface area contributed by atoms with Crippen LogP contribution in [0, 0.1) is 0 Å². The van der Waals surface area contributed by atoms with Gasteiger partial charge in [-0.15, -0.1) is 0 Å². The van der Waals surface area contributed by atoms with Gasteiger partial charge in [-0.2, -0.15) is 0 Å².